The first-order chi connectivity index (χ1) is 17.8. The number of hydrogen-bond donors (Lipinski definition) is 2. The van der Waals surface area contributed by atoms with Crippen molar-refractivity contribution in [3.63, 3.8) is 0 Å². The number of urea groups is 1. The predicted molar refractivity (Wildman–Crippen MR) is 144 cm³/mol. The highest BCUT2D eigenvalue weighted by Crippen LogP contribution is 2.49. The molecule has 2 aliphatic carbocycles. The van der Waals surface area contributed by atoms with Gasteiger partial charge in [0.15, 0.2) is 0 Å². The van der Waals surface area contributed by atoms with E-state index in [-0.39, 0.29) is 41.9 Å². The number of phenolic OH excluding ortho intramolecular Hbond substituents is 1. The van der Waals surface area contributed by atoms with Crippen molar-refractivity contribution >= 4 is 11.9 Å². The van der Waals surface area contributed by atoms with Crippen LogP contribution >= 0.6 is 0 Å². The van der Waals surface area contributed by atoms with Crippen LogP contribution in [0.15, 0.2) is 54.6 Å². The zero-order valence-electron chi connectivity index (χ0n) is 22.2. The quantitative estimate of drug-likeness (QED) is 0.562. The third kappa shape index (κ3) is 4.93. The van der Waals surface area contributed by atoms with Gasteiger partial charge in [0.05, 0.1) is 5.54 Å². The van der Waals surface area contributed by atoms with Gasteiger partial charge in [0.2, 0.25) is 5.91 Å². The van der Waals surface area contributed by atoms with E-state index < -0.39 is 0 Å². The van der Waals surface area contributed by atoms with E-state index in [9.17, 15) is 14.7 Å². The molecule has 1 heterocycles. The highest BCUT2D eigenvalue weighted by molar-refractivity contribution is 5.86. The maximum Gasteiger partial charge on any atom is 0.321 e. The molecule has 2 saturated carbocycles. The average Bonchev–Trinajstić information content (AvgIpc) is 3.11. The Kier molecular flexibility index (Phi) is 7.17. The molecule has 1 spiro atoms. The van der Waals surface area contributed by atoms with E-state index in [2.05, 4.69) is 59.5 Å². The van der Waals surface area contributed by atoms with Crippen LogP contribution in [0.1, 0.15) is 56.1 Å². The van der Waals surface area contributed by atoms with E-state index in [0.29, 0.717) is 18.0 Å². The molecule has 1 saturated heterocycles. The summed E-state index contributed by atoms with van der Waals surface area (Å²) in [6.45, 7) is 1.69. The van der Waals surface area contributed by atoms with Gasteiger partial charge < -0.3 is 20.2 Å². The van der Waals surface area contributed by atoms with Crippen LogP contribution in [-0.4, -0.2) is 71.0 Å². The van der Waals surface area contributed by atoms with Gasteiger partial charge in [0.25, 0.3) is 0 Å². The first-order valence-corrected chi connectivity index (χ1v) is 13.7. The maximum atomic E-state index is 13.7. The summed E-state index contributed by atoms with van der Waals surface area (Å²) in [4.78, 5) is 32.8. The third-order valence-corrected chi connectivity index (χ3v) is 9.20. The molecule has 3 fully saturated rings. The molecule has 198 valence electrons. The zero-order chi connectivity index (χ0) is 26.0. The number of nitrogens with zero attached hydrogens (tertiary/aromatic N) is 3. The smallest absolute Gasteiger partial charge is 0.321 e. The van der Waals surface area contributed by atoms with Gasteiger partial charge >= 0.3 is 6.03 Å². The summed E-state index contributed by atoms with van der Waals surface area (Å²) in [5, 5.41) is 12.9. The minimum absolute atomic E-state index is 0.00155. The van der Waals surface area contributed by atoms with Crippen molar-refractivity contribution in [1.29, 1.82) is 0 Å². The number of amides is 3. The van der Waals surface area contributed by atoms with Gasteiger partial charge in [0.1, 0.15) is 12.3 Å². The van der Waals surface area contributed by atoms with E-state index in [1.165, 1.54) is 24.8 Å². The standard InChI is InChI=1S/C30H40N4O3/c1-32(2)30(25-12-4-3-5-13-25)17-15-29(16-18-30)22-33(28(37)34(29)20-23-9-8-10-23)21-27(36)31-19-24-11-6-7-14-26(24)35/h3-7,11-14,23,35H,8-10,15-22H2,1-2H3,(H,31,36)/t29-,30-. The summed E-state index contributed by atoms with van der Waals surface area (Å²) >= 11 is 0. The molecule has 3 aliphatic rings. The number of carbonyl (C=O) groups is 2. The van der Waals surface area contributed by atoms with Gasteiger partial charge in [-0.2, -0.15) is 0 Å². The fourth-order valence-corrected chi connectivity index (χ4v) is 6.59. The van der Waals surface area contributed by atoms with Crippen molar-refractivity contribution in [2.45, 2.75) is 62.6 Å². The molecule has 7 nitrogen and oxygen atoms in total. The Balaban J connectivity index is 1.30. The Morgan fingerprint density at radius 1 is 1.03 bits per heavy atom. The molecule has 0 aromatic heterocycles. The highest BCUT2D eigenvalue weighted by atomic mass is 16.3. The number of aromatic hydroxyl groups is 1. The SMILES string of the molecule is CN(C)[C@]1(c2ccccc2)CC[C@@]2(CC1)CN(CC(=O)NCc1ccccc1O)C(=O)N2CC1CCC1. The minimum atomic E-state index is -0.223. The number of hydrogen-bond acceptors (Lipinski definition) is 4. The molecule has 0 bridgehead atoms. The van der Waals surface area contributed by atoms with Crippen LogP contribution in [0.25, 0.3) is 0 Å². The Bertz CT molecular complexity index is 1110. The van der Waals surface area contributed by atoms with E-state index in [0.717, 1.165) is 32.2 Å². The predicted octanol–water partition coefficient (Wildman–Crippen LogP) is 4.32. The van der Waals surface area contributed by atoms with E-state index >= 15 is 0 Å². The third-order valence-electron chi connectivity index (χ3n) is 9.20. The fourth-order valence-electron chi connectivity index (χ4n) is 6.59. The molecule has 2 aromatic carbocycles. The molecule has 37 heavy (non-hydrogen) atoms. The van der Waals surface area contributed by atoms with Crippen molar-refractivity contribution in [2.75, 3.05) is 33.7 Å². The summed E-state index contributed by atoms with van der Waals surface area (Å²) in [6, 6.07) is 17.7. The molecule has 5 rings (SSSR count). The van der Waals surface area contributed by atoms with E-state index in [1.807, 2.05) is 6.07 Å². The van der Waals surface area contributed by atoms with Crippen LogP contribution in [0, 0.1) is 5.92 Å². The number of rotatable bonds is 8. The number of para-hydroxylation sites is 1. The number of carbonyl (C=O) groups excluding carboxylic acids is 2. The van der Waals surface area contributed by atoms with E-state index in [1.54, 1.807) is 23.1 Å². The van der Waals surface area contributed by atoms with Crippen molar-refractivity contribution in [3.05, 3.63) is 65.7 Å². The second-order valence-electron chi connectivity index (χ2n) is 11.5. The Morgan fingerprint density at radius 2 is 1.70 bits per heavy atom. The van der Waals surface area contributed by atoms with Crippen LogP contribution in [0.2, 0.25) is 0 Å². The second-order valence-corrected chi connectivity index (χ2v) is 11.5. The Morgan fingerprint density at radius 3 is 2.32 bits per heavy atom. The molecule has 7 heteroatoms. The number of benzene rings is 2. The molecule has 3 amide bonds. The molecule has 0 atom stereocenters. The first kappa shape index (κ1) is 25.6. The van der Waals surface area contributed by atoms with Crippen molar-refractivity contribution in [2.24, 2.45) is 5.92 Å². The first-order valence-electron chi connectivity index (χ1n) is 13.7. The Labute approximate surface area is 220 Å². The summed E-state index contributed by atoms with van der Waals surface area (Å²) in [6.07, 6.45) is 7.43. The fraction of sp³-hybridized carbons (Fsp3) is 0.533. The van der Waals surface area contributed by atoms with Gasteiger partial charge in [-0.3, -0.25) is 9.69 Å². The highest BCUT2D eigenvalue weighted by Gasteiger charge is 2.55. The monoisotopic (exact) mass is 504 g/mol. The van der Waals surface area contributed by atoms with Crippen molar-refractivity contribution in [1.82, 2.24) is 20.0 Å². The van der Waals surface area contributed by atoms with Crippen LogP contribution < -0.4 is 5.32 Å². The lowest BCUT2D eigenvalue weighted by atomic mass is 9.68. The van der Waals surface area contributed by atoms with Crippen LogP contribution in [-0.2, 0) is 16.9 Å². The van der Waals surface area contributed by atoms with Crippen LogP contribution in [0.4, 0.5) is 4.79 Å². The summed E-state index contributed by atoms with van der Waals surface area (Å²) in [7, 11) is 4.33. The van der Waals surface area contributed by atoms with Gasteiger partial charge in [0, 0.05) is 30.7 Å². The Hall–Kier alpha value is -3.06. The van der Waals surface area contributed by atoms with Crippen LogP contribution in [0.5, 0.6) is 5.75 Å². The summed E-state index contributed by atoms with van der Waals surface area (Å²) in [5.74, 6) is 0.543. The maximum absolute atomic E-state index is 13.7. The summed E-state index contributed by atoms with van der Waals surface area (Å²) < 4.78 is 0. The second kappa shape index (κ2) is 10.4. The molecule has 1 aliphatic heterocycles. The zero-order valence-corrected chi connectivity index (χ0v) is 22.2. The molecule has 2 aromatic rings. The van der Waals surface area contributed by atoms with Crippen LogP contribution in [0.3, 0.4) is 0 Å². The normalized spacial score (nSPS) is 26.1. The molecular weight excluding hydrogens is 464 g/mol. The minimum Gasteiger partial charge on any atom is -0.508 e. The van der Waals surface area contributed by atoms with Crippen molar-refractivity contribution < 1.29 is 14.7 Å². The topological polar surface area (TPSA) is 76.1 Å². The summed E-state index contributed by atoms with van der Waals surface area (Å²) in [5.41, 5.74) is 1.74. The lowest BCUT2D eigenvalue weighted by molar-refractivity contribution is -0.121. The van der Waals surface area contributed by atoms with Gasteiger partial charge in [-0.05, 0) is 70.2 Å². The lowest BCUT2D eigenvalue weighted by Crippen LogP contribution is -2.56. The van der Waals surface area contributed by atoms with E-state index in [4.69, 9.17) is 0 Å². The van der Waals surface area contributed by atoms with Gasteiger partial charge in [-0.1, -0.05) is 55.0 Å². The average molecular weight is 505 g/mol. The molecular formula is C30H40N4O3. The number of nitrogens with one attached hydrogen (secondary N) is 1. The molecule has 0 radical (unpaired) electrons. The molecule has 2 N–H and O–H groups in total. The number of phenols is 1. The van der Waals surface area contributed by atoms with Gasteiger partial charge in [-0.25, -0.2) is 4.79 Å². The van der Waals surface area contributed by atoms with Gasteiger partial charge in [-0.15, -0.1) is 0 Å². The largest absolute Gasteiger partial charge is 0.508 e. The van der Waals surface area contributed by atoms with Crippen molar-refractivity contribution in [3.8, 4) is 5.75 Å². The lowest BCUT2D eigenvalue weighted by Gasteiger charge is -2.51. The molecule has 0 unspecified atom stereocenters.